The molecular weight excluding hydrogens is 190 g/mol. The van der Waals surface area contributed by atoms with Crippen LogP contribution in [0.2, 0.25) is 0 Å². The predicted octanol–water partition coefficient (Wildman–Crippen LogP) is 1.91. The third-order valence-corrected chi connectivity index (χ3v) is 3.26. The van der Waals surface area contributed by atoms with Gasteiger partial charge in [-0.15, -0.1) is 0 Å². The van der Waals surface area contributed by atoms with Crippen molar-refractivity contribution >= 4 is 0 Å². The minimum atomic E-state index is 0.613. The van der Waals surface area contributed by atoms with Gasteiger partial charge in [0, 0.05) is 26.3 Å². The first-order valence-corrected chi connectivity index (χ1v) is 6.07. The van der Waals surface area contributed by atoms with Crippen molar-refractivity contribution in [3.05, 3.63) is 0 Å². The molecule has 0 bridgehead atoms. The molecule has 0 amide bonds. The van der Waals surface area contributed by atoms with Gasteiger partial charge in [-0.1, -0.05) is 13.3 Å². The van der Waals surface area contributed by atoms with Crippen molar-refractivity contribution in [2.24, 2.45) is 0 Å². The highest BCUT2D eigenvalue weighted by atomic mass is 16.5. The fourth-order valence-corrected chi connectivity index (χ4v) is 2.46. The molecule has 3 nitrogen and oxygen atoms in total. The van der Waals surface area contributed by atoms with Crippen LogP contribution in [0.15, 0.2) is 0 Å². The quantitative estimate of drug-likeness (QED) is 0.647. The average Bonchev–Trinajstić information content (AvgIpc) is 2.60. The van der Waals surface area contributed by atoms with Gasteiger partial charge in [-0.25, -0.2) is 0 Å². The van der Waals surface area contributed by atoms with Crippen LogP contribution >= 0.6 is 0 Å². The molecule has 3 heteroatoms. The van der Waals surface area contributed by atoms with Gasteiger partial charge in [0.1, 0.15) is 0 Å². The van der Waals surface area contributed by atoms with Crippen molar-refractivity contribution in [2.45, 2.75) is 44.7 Å². The smallest absolute Gasteiger partial charge is 0.0618 e. The summed E-state index contributed by atoms with van der Waals surface area (Å²) < 4.78 is 10.6. The maximum Gasteiger partial charge on any atom is 0.0618 e. The first-order valence-electron chi connectivity index (χ1n) is 6.07. The summed E-state index contributed by atoms with van der Waals surface area (Å²) >= 11 is 0. The Kier molecular flexibility index (Phi) is 6.22. The summed E-state index contributed by atoms with van der Waals surface area (Å²) in [5.74, 6) is 0. The molecule has 0 radical (unpaired) electrons. The molecule has 1 aliphatic rings. The zero-order valence-corrected chi connectivity index (χ0v) is 10.4. The average molecular weight is 215 g/mol. The van der Waals surface area contributed by atoms with Crippen LogP contribution in [0.25, 0.3) is 0 Å². The lowest BCUT2D eigenvalue weighted by Gasteiger charge is -2.29. The van der Waals surface area contributed by atoms with E-state index in [0.29, 0.717) is 12.1 Å². The van der Waals surface area contributed by atoms with Crippen LogP contribution in [0.4, 0.5) is 0 Å². The molecule has 1 rings (SSSR count). The van der Waals surface area contributed by atoms with Crippen molar-refractivity contribution in [3.63, 3.8) is 0 Å². The van der Waals surface area contributed by atoms with E-state index in [1.54, 1.807) is 14.2 Å². The Morgan fingerprint density at radius 2 is 1.60 bits per heavy atom. The summed E-state index contributed by atoms with van der Waals surface area (Å²) in [5, 5.41) is 0. The zero-order chi connectivity index (χ0) is 11.1. The summed E-state index contributed by atoms with van der Waals surface area (Å²) in [5.41, 5.74) is 0. The van der Waals surface area contributed by atoms with Crippen LogP contribution < -0.4 is 0 Å². The normalized spacial score (nSPS) is 27.4. The molecule has 15 heavy (non-hydrogen) atoms. The lowest BCUT2D eigenvalue weighted by molar-refractivity contribution is 0.0621. The van der Waals surface area contributed by atoms with E-state index in [4.69, 9.17) is 9.47 Å². The van der Waals surface area contributed by atoms with Gasteiger partial charge in [-0.3, -0.25) is 4.90 Å². The number of unbranched alkanes of at least 4 members (excludes halogenated alkanes) is 1. The first-order chi connectivity index (χ1) is 7.33. The molecular formula is C12H25NO2. The number of hydrogen-bond acceptors (Lipinski definition) is 3. The number of ether oxygens (including phenoxy) is 2. The standard InChI is InChI=1S/C12H25NO2/c1-4-5-8-13-11(9-14-2)6-7-12(13)10-15-3/h11-12H,4-10H2,1-3H3/t11-,12-/m1/s1. The highest BCUT2D eigenvalue weighted by molar-refractivity contribution is 4.87. The SMILES string of the molecule is CCCCN1[C@@H](COC)CC[C@@H]1COC. The monoisotopic (exact) mass is 215 g/mol. The van der Waals surface area contributed by atoms with Crippen LogP contribution in [0.3, 0.4) is 0 Å². The largest absolute Gasteiger partial charge is 0.383 e. The molecule has 0 aromatic rings. The van der Waals surface area contributed by atoms with E-state index in [2.05, 4.69) is 11.8 Å². The van der Waals surface area contributed by atoms with Gasteiger partial charge in [0.15, 0.2) is 0 Å². The van der Waals surface area contributed by atoms with Crippen molar-refractivity contribution in [1.82, 2.24) is 4.90 Å². The fraction of sp³-hybridized carbons (Fsp3) is 1.00. The van der Waals surface area contributed by atoms with E-state index in [0.717, 1.165) is 13.2 Å². The van der Waals surface area contributed by atoms with E-state index >= 15 is 0 Å². The number of nitrogens with zero attached hydrogens (tertiary/aromatic N) is 1. The number of rotatable bonds is 7. The number of likely N-dealkylation sites (tertiary alicyclic amines) is 1. The van der Waals surface area contributed by atoms with E-state index in [1.165, 1.54) is 32.2 Å². The number of hydrogen-bond donors (Lipinski definition) is 0. The van der Waals surface area contributed by atoms with E-state index in [-0.39, 0.29) is 0 Å². The second-order valence-electron chi connectivity index (χ2n) is 4.39. The fourth-order valence-electron chi connectivity index (χ4n) is 2.46. The van der Waals surface area contributed by atoms with Crippen LogP contribution in [-0.4, -0.2) is 51.0 Å². The highest BCUT2D eigenvalue weighted by Crippen LogP contribution is 2.24. The van der Waals surface area contributed by atoms with Crippen molar-refractivity contribution in [3.8, 4) is 0 Å². The van der Waals surface area contributed by atoms with Crippen LogP contribution in [0, 0.1) is 0 Å². The summed E-state index contributed by atoms with van der Waals surface area (Å²) in [4.78, 5) is 2.58. The summed E-state index contributed by atoms with van der Waals surface area (Å²) in [6.45, 7) is 5.17. The molecule has 90 valence electrons. The molecule has 1 fully saturated rings. The Hall–Kier alpha value is -0.120. The van der Waals surface area contributed by atoms with Gasteiger partial charge in [-0.2, -0.15) is 0 Å². The molecule has 0 saturated carbocycles. The van der Waals surface area contributed by atoms with Gasteiger partial charge in [0.2, 0.25) is 0 Å². The predicted molar refractivity (Wildman–Crippen MR) is 62.2 cm³/mol. The number of methoxy groups -OCH3 is 2. The molecule has 0 unspecified atom stereocenters. The highest BCUT2D eigenvalue weighted by Gasteiger charge is 2.32. The van der Waals surface area contributed by atoms with E-state index < -0.39 is 0 Å². The summed E-state index contributed by atoms with van der Waals surface area (Å²) in [6, 6.07) is 1.23. The summed E-state index contributed by atoms with van der Waals surface area (Å²) in [7, 11) is 3.59. The molecule has 0 aliphatic carbocycles. The van der Waals surface area contributed by atoms with Crippen molar-refractivity contribution in [1.29, 1.82) is 0 Å². The van der Waals surface area contributed by atoms with Gasteiger partial charge in [-0.05, 0) is 25.8 Å². The maximum atomic E-state index is 5.28. The minimum absolute atomic E-state index is 0.613. The van der Waals surface area contributed by atoms with Crippen molar-refractivity contribution in [2.75, 3.05) is 34.0 Å². The molecule has 0 aromatic heterocycles. The third kappa shape index (κ3) is 3.74. The molecule has 2 atom stereocenters. The zero-order valence-electron chi connectivity index (χ0n) is 10.4. The molecule has 1 heterocycles. The molecule has 0 aromatic carbocycles. The Balaban J connectivity index is 2.44. The summed E-state index contributed by atoms with van der Waals surface area (Å²) in [6.07, 6.45) is 5.05. The van der Waals surface area contributed by atoms with E-state index in [1.807, 2.05) is 0 Å². The minimum Gasteiger partial charge on any atom is -0.383 e. The van der Waals surface area contributed by atoms with Crippen LogP contribution in [0.5, 0.6) is 0 Å². The van der Waals surface area contributed by atoms with Crippen LogP contribution in [0.1, 0.15) is 32.6 Å². The molecule has 1 aliphatic heterocycles. The Labute approximate surface area is 93.7 Å². The second-order valence-corrected chi connectivity index (χ2v) is 4.39. The third-order valence-electron chi connectivity index (χ3n) is 3.26. The molecule has 1 saturated heterocycles. The van der Waals surface area contributed by atoms with Gasteiger partial charge in [0.25, 0.3) is 0 Å². The maximum absolute atomic E-state index is 5.28. The lowest BCUT2D eigenvalue weighted by Crippen LogP contribution is -2.41. The van der Waals surface area contributed by atoms with Crippen molar-refractivity contribution < 1.29 is 9.47 Å². The van der Waals surface area contributed by atoms with Crippen LogP contribution in [-0.2, 0) is 9.47 Å². The Bertz CT molecular complexity index is 150. The first kappa shape index (κ1) is 12.9. The topological polar surface area (TPSA) is 21.7 Å². The Morgan fingerprint density at radius 1 is 1.07 bits per heavy atom. The van der Waals surface area contributed by atoms with Gasteiger partial charge >= 0.3 is 0 Å². The van der Waals surface area contributed by atoms with Gasteiger partial charge in [0.05, 0.1) is 13.2 Å². The Morgan fingerprint density at radius 3 is 2.00 bits per heavy atom. The van der Waals surface area contributed by atoms with Gasteiger partial charge < -0.3 is 9.47 Å². The van der Waals surface area contributed by atoms with E-state index in [9.17, 15) is 0 Å². The molecule has 0 N–H and O–H groups in total. The second kappa shape index (κ2) is 7.20. The lowest BCUT2D eigenvalue weighted by atomic mass is 10.2. The molecule has 0 spiro atoms.